The van der Waals surface area contributed by atoms with E-state index in [0.29, 0.717) is 28.6 Å². The molecular weight excluding hydrogens is 265 g/mol. The normalized spacial score (nSPS) is 10.5. The summed E-state index contributed by atoms with van der Waals surface area (Å²) < 4.78 is 19.2. The summed E-state index contributed by atoms with van der Waals surface area (Å²) in [5.41, 5.74) is 1.45. The molecule has 0 unspecified atom stereocenters. The van der Waals surface area contributed by atoms with Gasteiger partial charge in [0.15, 0.2) is 0 Å². The van der Waals surface area contributed by atoms with Crippen molar-refractivity contribution in [3.05, 3.63) is 58.4 Å². The zero-order valence-electron chi connectivity index (χ0n) is 10.8. The van der Waals surface area contributed by atoms with E-state index in [9.17, 15) is 4.39 Å². The Kier molecular flexibility index (Phi) is 4.40. The van der Waals surface area contributed by atoms with E-state index in [1.54, 1.807) is 31.2 Å². The van der Waals surface area contributed by atoms with E-state index >= 15 is 0 Å². The van der Waals surface area contributed by atoms with E-state index in [1.807, 2.05) is 13.1 Å². The second-order valence-electron chi connectivity index (χ2n) is 4.26. The Balaban J connectivity index is 2.32. The van der Waals surface area contributed by atoms with Gasteiger partial charge in [0, 0.05) is 23.2 Å². The lowest BCUT2D eigenvalue weighted by atomic mass is 10.2. The molecule has 1 N–H and O–H groups in total. The fourth-order valence-corrected chi connectivity index (χ4v) is 1.98. The zero-order valence-corrected chi connectivity index (χ0v) is 11.6. The maximum atomic E-state index is 13.5. The SMILES string of the molecule is CNCc1c(Cl)cccc1Oc1ccc(C)c(F)c1. The molecular formula is C15H15ClFNO. The quantitative estimate of drug-likeness (QED) is 0.901. The van der Waals surface area contributed by atoms with E-state index < -0.39 is 0 Å². The molecule has 100 valence electrons. The highest BCUT2D eigenvalue weighted by Crippen LogP contribution is 2.30. The smallest absolute Gasteiger partial charge is 0.133 e. The Morgan fingerprint density at radius 1 is 1.26 bits per heavy atom. The van der Waals surface area contributed by atoms with Gasteiger partial charge in [0.05, 0.1) is 0 Å². The molecule has 0 saturated heterocycles. The minimum absolute atomic E-state index is 0.283. The summed E-state index contributed by atoms with van der Waals surface area (Å²) in [5.74, 6) is 0.808. The number of hydrogen-bond donors (Lipinski definition) is 1. The van der Waals surface area contributed by atoms with Crippen molar-refractivity contribution in [2.24, 2.45) is 0 Å². The van der Waals surface area contributed by atoms with Crippen LogP contribution in [0.5, 0.6) is 11.5 Å². The minimum Gasteiger partial charge on any atom is -0.457 e. The Morgan fingerprint density at radius 3 is 2.74 bits per heavy atom. The number of benzene rings is 2. The van der Waals surface area contributed by atoms with Gasteiger partial charge in [-0.25, -0.2) is 4.39 Å². The number of halogens is 2. The van der Waals surface area contributed by atoms with Crippen molar-refractivity contribution in [1.29, 1.82) is 0 Å². The highest BCUT2D eigenvalue weighted by Gasteiger charge is 2.09. The first-order valence-corrected chi connectivity index (χ1v) is 6.35. The van der Waals surface area contributed by atoms with Gasteiger partial charge >= 0.3 is 0 Å². The van der Waals surface area contributed by atoms with E-state index in [0.717, 1.165) is 5.56 Å². The summed E-state index contributed by atoms with van der Waals surface area (Å²) in [6.45, 7) is 2.30. The zero-order chi connectivity index (χ0) is 13.8. The van der Waals surface area contributed by atoms with Gasteiger partial charge in [-0.3, -0.25) is 0 Å². The van der Waals surface area contributed by atoms with Gasteiger partial charge in [-0.1, -0.05) is 23.7 Å². The third-order valence-electron chi connectivity index (χ3n) is 2.80. The largest absolute Gasteiger partial charge is 0.457 e. The summed E-state index contributed by atoms with van der Waals surface area (Å²) in [7, 11) is 1.83. The van der Waals surface area contributed by atoms with Crippen LogP contribution in [0.25, 0.3) is 0 Å². The molecule has 0 aliphatic carbocycles. The average Bonchev–Trinajstić information content (AvgIpc) is 2.38. The number of hydrogen-bond acceptors (Lipinski definition) is 2. The van der Waals surface area contributed by atoms with Gasteiger partial charge in [-0.15, -0.1) is 0 Å². The predicted molar refractivity (Wildman–Crippen MR) is 75.4 cm³/mol. The lowest BCUT2D eigenvalue weighted by Gasteiger charge is -2.12. The van der Waals surface area contributed by atoms with Crippen LogP contribution in [0.2, 0.25) is 5.02 Å². The Hall–Kier alpha value is -1.58. The van der Waals surface area contributed by atoms with Crippen LogP contribution in [0.15, 0.2) is 36.4 Å². The highest BCUT2D eigenvalue weighted by molar-refractivity contribution is 6.31. The summed E-state index contributed by atoms with van der Waals surface area (Å²) in [4.78, 5) is 0. The molecule has 0 amide bonds. The monoisotopic (exact) mass is 279 g/mol. The van der Waals surface area contributed by atoms with Crippen molar-refractivity contribution in [3.8, 4) is 11.5 Å². The summed E-state index contributed by atoms with van der Waals surface area (Å²) in [5, 5.41) is 3.66. The van der Waals surface area contributed by atoms with Gasteiger partial charge in [-0.05, 0) is 37.7 Å². The topological polar surface area (TPSA) is 21.3 Å². The molecule has 19 heavy (non-hydrogen) atoms. The van der Waals surface area contributed by atoms with E-state index in [4.69, 9.17) is 16.3 Å². The van der Waals surface area contributed by atoms with Crippen LogP contribution in [0.3, 0.4) is 0 Å². The second kappa shape index (κ2) is 6.04. The fraction of sp³-hybridized carbons (Fsp3) is 0.200. The van der Waals surface area contributed by atoms with Gasteiger partial charge in [0.1, 0.15) is 17.3 Å². The van der Waals surface area contributed by atoms with Crippen LogP contribution in [0.1, 0.15) is 11.1 Å². The first-order valence-electron chi connectivity index (χ1n) is 5.98. The van der Waals surface area contributed by atoms with E-state index in [1.165, 1.54) is 6.07 Å². The molecule has 0 aliphatic heterocycles. The molecule has 0 heterocycles. The molecule has 0 spiro atoms. The molecule has 2 rings (SSSR count). The molecule has 0 radical (unpaired) electrons. The van der Waals surface area contributed by atoms with Crippen molar-refractivity contribution < 1.29 is 9.13 Å². The molecule has 0 saturated carbocycles. The first-order chi connectivity index (χ1) is 9.11. The molecule has 0 fully saturated rings. The second-order valence-corrected chi connectivity index (χ2v) is 4.67. The van der Waals surface area contributed by atoms with Gasteiger partial charge in [0.25, 0.3) is 0 Å². The van der Waals surface area contributed by atoms with Crippen molar-refractivity contribution in [2.75, 3.05) is 7.05 Å². The summed E-state index contributed by atoms with van der Waals surface area (Å²) >= 11 is 6.14. The standard InChI is InChI=1S/C15H15ClFNO/c1-10-6-7-11(8-14(10)17)19-15-5-3-4-13(16)12(15)9-18-2/h3-8,18H,9H2,1-2H3. The van der Waals surface area contributed by atoms with Crippen LogP contribution >= 0.6 is 11.6 Å². The third kappa shape index (κ3) is 3.25. The van der Waals surface area contributed by atoms with Crippen LogP contribution < -0.4 is 10.1 Å². The number of aryl methyl sites for hydroxylation is 1. The van der Waals surface area contributed by atoms with Crippen molar-refractivity contribution in [2.45, 2.75) is 13.5 Å². The Bertz CT molecular complexity index is 586. The Labute approximate surface area is 117 Å². The minimum atomic E-state index is -0.283. The Morgan fingerprint density at radius 2 is 2.05 bits per heavy atom. The van der Waals surface area contributed by atoms with Crippen LogP contribution in [-0.2, 0) is 6.54 Å². The van der Waals surface area contributed by atoms with Crippen molar-refractivity contribution in [3.63, 3.8) is 0 Å². The number of ether oxygens (including phenoxy) is 1. The molecule has 0 aromatic heterocycles. The highest BCUT2D eigenvalue weighted by atomic mass is 35.5. The van der Waals surface area contributed by atoms with Gasteiger partial charge in [-0.2, -0.15) is 0 Å². The first kappa shape index (κ1) is 13.8. The van der Waals surface area contributed by atoms with Gasteiger partial charge < -0.3 is 10.1 Å². The predicted octanol–water partition coefficient (Wildman–Crippen LogP) is 4.30. The van der Waals surface area contributed by atoms with Crippen LogP contribution in [0.4, 0.5) is 4.39 Å². The number of nitrogens with one attached hydrogen (secondary N) is 1. The molecule has 0 atom stereocenters. The molecule has 0 aliphatic rings. The maximum Gasteiger partial charge on any atom is 0.133 e. The van der Waals surface area contributed by atoms with Crippen LogP contribution in [-0.4, -0.2) is 7.05 Å². The van der Waals surface area contributed by atoms with Gasteiger partial charge in [0.2, 0.25) is 0 Å². The van der Waals surface area contributed by atoms with Crippen molar-refractivity contribution in [1.82, 2.24) is 5.32 Å². The lowest BCUT2D eigenvalue weighted by Crippen LogP contribution is -2.07. The summed E-state index contributed by atoms with van der Waals surface area (Å²) in [6, 6.07) is 10.2. The van der Waals surface area contributed by atoms with Crippen molar-refractivity contribution >= 4 is 11.6 Å². The maximum absolute atomic E-state index is 13.5. The molecule has 2 aromatic rings. The fourth-order valence-electron chi connectivity index (χ4n) is 1.75. The van der Waals surface area contributed by atoms with E-state index in [2.05, 4.69) is 5.32 Å². The molecule has 2 aromatic carbocycles. The van der Waals surface area contributed by atoms with Crippen LogP contribution in [0, 0.1) is 12.7 Å². The molecule has 0 bridgehead atoms. The average molecular weight is 280 g/mol. The number of rotatable bonds is 4. The van der Waals surface area contributed by atoms with E-state index in [-0.39, 0.29) is 5.82 Å². The third-order valence-corrected chi connectivity index (χ3v) is 3.15. The molecule has 2 nitrogen and oxygen atoms in total. The lowest BCUT2D eigenvalue weighted by molar-refractivity contribution is 0.468. The molecule has 4 heteroatoms. The summed E-state index contributed by atoms with van der Waals surface area (Å²) in [6.07, 6.45) is 0.